The maximum absolute atomic E-state index is 13.0. The molecule has 36 heavy (non-hydrogen) atoms. The first-order valence-corrected chi connectivity index (χ1v) is 12.3. The summed E-state index contributed by atoms with van der Waals surface area (Å²) in [4.78, 5) is 33.1. The van der Waals surface area contributed by atoms with E-state index in [9.17, 15) is 25.2 Å². The molecule has 1 unspecified atom stereocenters. The van der Waals surface area contributed by atoms with Crippen molar-refractivity contribution < 1.29 is 19.4 Å². The lowest BCUT2D eigenvalue weighted by atomic mass is 10.0. The highest BCUT2D eigenvalue weighted by molar-refractivity contribution is 8.00. The van der Waals surface area contributed by atoms with Gasteiger partial charge in [-0.1, -0.05) is 49.0 Å². The highest BCUT2D eigenvalue weighted by atomic mass is 32.2. The molecule has 0 aliphatic carbocycles. The van der Waals surface area contributed by atoms with Crippen molar-refractivity contribution in [3.05, 3.63) is 52.6 Å². The zero-order valence-electron chi connectivity index (χ0n) is 20.2. The van der Waals surface area contributed by atoms with Crippen LogP contribution in [-0.4, -0.2) is 72.8 Å². The number of likely N-dealkylation sites (N-methyl/N-ethyl adjacent to an activating group) is 1. The summed E-state index contributed by atoms with van der Waals surface area (Å²) in [5, 5.41) is 28.7. The van der Waals surface area contributed by atoms with Gasteiger partial charge in [0.25, 0.3) is 0 Å². The van der Waals surface area contributed by atoms with Crippen LogP contribution in [0.4, 0.5) is 5.82 Å². The predicted molar refractivity (Wildman–Crippen MR) is 134 cm³/mol. The fourth-order valence-corrected chi connectivity index (χ4v) is 5.07. The molecule has 0 saturated carbocycles. The van der Waals surface area contributed by atoms with E-state index >= 15 is 0 Å². The Morgan fingerprint density at radius 1 is 1.31 bits per heavy atom. The Bertz CT molecular complexity index is 1190. The van der Waals surface area contributed by atoms with Crippen LogP contribution in [0.1, 0.15) is 34.4 Å². The van der Waals surface area contributed by atoms with E-state index < -0.39 is 17.3 Å². The lowest BCUT2D eigenvalue weighted by Gasteiger charge is -2.33. The Morgan fingerprint density at radius 3 is 2.58 bits per heavy atom. The molecule has 0 radical (unpaired) electrons. The number of aromatic nitrogens is 1. The highest BCUT2D eigenvalue weighted by Crippen LogP contribution is 2.39. The van der Waals surface area contributed by atoms with E-state index in [1.807, 2.05) is 13.0 Å². The number of hydrogen-bond acceptors (Lipinski definition) is 9. The SMILES string of the molecule is CCc1c(C#N)c(SC(C(N)=O)c2ccccc2)nc(N(C)CC(=O)N2CCO[C@@H](CO)C2)c1C#N. The summed E-state index contributed by atoms with van der Waals surface area (Å²) >= 11 is 1.05. The first-order chi connectivity index (χ1) is 17.3. The molecule has 1 aliphatic heterocycles. The molecule has 11 heteroatoms. The number of primary amides is 1. The molecule has 2 amide bonds. The topological polar surface area (TPSA) is 157 Å². The standard InChI is InChI=1S/C25H28N6O4S/c1-3-18-19(11-26)24(30(2)14-21(33)31-9-10-35-17(13-31)15-32)29-25(20(18)12-27)36-22(23(28)34)16-7-5-4-6-8-16/h4-8,17,22,32H,3,9-10,13-15H2,1-2H3,(H2,28,34)/t17-,22?/m1/s1. The highest BCUT2D eigenvalue weighted by Gasteiger charge is 2.29. The molecule has 1 aliphatic rings. The summed E-state index contributed by atoms with van der Waals surface area (Å²) < 4.78 is 5.41. The number of aliphatic hydroxyl groups is 1. The summed E-state index contributed by atoms with van der Waals surface area (Å²) in [6, 6.07) is 13.2. The maximum Gasteiger partial charge on any atom is 0.242 e. The number of amides is 2. The van der Waals surface area contributed by atoms with Gasteiger partial charge in [-0.2, -0.15) is 10.5 Å². The normalized spacial score (nSPS) is 16.0. The van der Waals surface area contributed by atoms with Crippen LogP contribution in [0.2, 0.25) is 0 Å². The maximum atomic E-state index is 13.0. The second-order valence-corrected chi connectivity index (χ2v) is 9.32. The number of carbonyl (C=O) groups excluding carboxylic acids is 2. The zero-order chi connectivity index (χ0) is 26.2. The van der Waals surface area contributed by atoms with Crippen LogP contribution in [-0.2, 0) is 20.7 Å². The van der Waals surface area contributed by atoms with Crippen molar-refractivity contribution in [2.24, 2.45) is 5.73 Å². The molecule has 0 bridgehead atoms. The van der Waals surface area contributed by atoms with E-state index in [1.165, 1.54) is 0 Å². The van der Waals surface area contributed by atoms with Gasteiger partial charge < -0.3 is 25.4 Å². The van der Waals surface area contributed by atoms with E-state index in [4.69, 9.17) is 10.5 Å². The van der Waals surface area contributed by atoms with Crippen molar-refractivity contribution in [3.8, 4) is 12.1 Å². The zero-order valence-corrected chi connectivity index (χ0v) is 21.0. The molecule has 2 aromatic rings. The van der Waals surface area contributed by atoms with Gasteiger partial charge in [-0.25, -0.2) is 4.98 Å². The number of morpholine rings is 1. The number of carbonyl (C=O) groups is 2. The second kappa shape index (κ2) is 12.4. The number of ether oxygens (including phenoxy) is 1. The fourth-order valence-electron chi connectivity index (χ4n) is 4.01. The molecule has 1 aromatic carbocycles. The number of anilines is 1. The predicted octanol–water partition coefficient (Wildman–Crippen LogP) is 1.36. The summed E-state index contributed by atoms with van der Waals surface area (Å²) in [6.07, 6.45) is -0.0562. The van der Waals surface area contributed by atoms with Crippen molar-refractivity contribution in [3.63, 3.8) is 0 Å². The molecule has 3 rings (SSSR count). The molecule has 3 N–H and O–H groups in total. The lowest BCUT2D eigenvalue weighted by Crippen LogP contribution is -2.49. The molecule has 188 valence electrons. The monoisotopic (exact) mass is 508 g/mol. The van der Waals surface area contributed by atoms with Crippen molar-refractivity contribution in [2.75, 3.05) is 44.8 Å². The average molecular weight is 509 g/mol. The van der Waals surface area contributed by atoms with Gasteiger partial charge in [-0.05, 0) is 17.5 Å². The van der Waals surface area contributed by atoms with E-state index in [-0.39, 0.29) is 47.6 Å². The third-order valence-corrected chi connectivity index (χ3v) is 7.10. The number of aliphatic hydroxyl groups excluding tert-OH is 1. The van der Waals surface area contributed by atoms with E-state index in [0.29, 0.717) is 30.7 Å². The third kappa shape index (κ3) is 5.94. The Morgan fingerprint density at radius 2 is 2.00 bits per heavy atom. The molecular weight excluding hydrogens is 480 g/mol. The number of nitrogens with two attached hydrogens (primary N) is 1. The van der Waals surface area contributed by atoms with Gasteiger partial charge in [-0.15, -0.1) is 0 Å². The number of nitrogens with zero attached hydrogens (tertiary/aromatic N) is 5. The van der Waals surface area contributed by atoms with Gasteiger partial charge in [0.2, 0.25) is 11.8 Å². The number of rotatable bonds is 9. The molecular formula is C25H28N6O4S. The number of thioether (sulfide) groups is 1. The van der Waals surface area contributed by atoms with Crippen LogP contribution in [0, 0.1) is 22.7 Å². The number of nitriles is 2. The minimum atomic E-state index is -0.799. The summed E-state index contributed by atoms with van der Waals surface area (Å²) in [6.45, 7) is 2.57. The molecule has 1 fully saturated rings. The number of pyridine rings is 1. The molecule has 1 aromatic heterocycles. The van der Waals surface area contributed by atoms with Crippen LogP contribution in [0.25, 0.3) is 0 Å². The molecule has 2 atom stereocenters. The first-order valence-electron chi connectivity index (χ1n) is 11.4. The minimum absolute atomic E-state index is 0.0725. The average Bonchev–Trinajstić information content (AvgIpc) is 2.90. The van der Waals surface area contributed by atoms with E-state index in [1.54, 1.807) is 41.1 Å². The van der Waals surface area contributed by atoms with Crippen LogP contribution in [0.3, 0.4) is 0 Å². The van der Waals surface area contributed by atoms with Crippen molar-refractivity contribution >= 4 is 29.4 Å². The molecule has 10 nitrogen and oxygen atoms in total. The van der Waals surface area contributed by atoms with Crippen LogP contribution < -0.4 is 10.6 Å². The third-order valence-electron chi connectivity index (χ3n) is 5.84. The van der Waals surface area contributed by atoms with Gasteiger partial charge in [-0.3, -0.25) is 9.59 Å². The van der Waals surface area contributed by atoms with Crippen molar-refractivity contribution in [2.45, 2.75) is 29.7 Å². The van der Waals surface area contributed by atoms with Crippen molar-refractivity contribution in [1.29, 1.82) is 10.5 Å². The molecule has 0 spiro atoms. The van der Waals surface area contributed by atoms with Crippen LogP contribution in [0.5, 0.6) is 0 Å². The molecule has 1 saturated heterocycles. The van der Waals surface area contributed by atoms with Gasteiger partial charge in [0.15, 0.2) is 0 Å². The van der Waals surface area contributed by atoms with Gasteiger partial charge in [0.05, 0.1) is 37.0 Å². The Hall–Kier alpha value is -3.64. The van der Waals surface area contributed by atoms with Crippen molar-refractivity contribution in [1.82, 2.24) is 9.88 Å². The van der Waals surface area contributed by atoms with Crippen LogP contribution in [0.15, 0.2) is 35.4 Å². The largest absolute Gasteiger partial charge is 0.394 e. The number of hydrogen-bond donors (Lipinski definition) is 2. The quantitative estimate of drug-likeness (QED) is 0.477. The Kier molecular flexibility index (Phi) is 9.25. The van der Waals surface area contributed by atoms with Crippen LogP contribution >= 0.6 is 11.8 Å². The summed E-state index contributed by atoms with van der Waals surface area (Å²) in [5.41, 5.74) is 7.27. The second-order valence-electron chi connectivity index (χ2n) is 8.23. The molecule has 2 heterocycles. The Labute approximate surface area is 214 Å². The van der Waals surface area contributed by atoms with E-state index in [2.05, 4.69) is 17.1 Å². The van der Waals surface area contributed by atoms with Gasteiger partial charge in [0.1, 0.15) is 28.2 Å². The summed E-state index contributed by atoms with van der Waals surface area (Å²) in [7, 11) is 1.65. The minimum Gasteiger partial charge on any atom is -0.394 e. The van der Waals surface area contributed by atoms with Gasteiger partial charge in [0, 0.05) is 20.1 Å². The smallest absolute Gasteiger partial charge is 0.242 e. The Balaban J connectivity index is 1.99. The lowest BCUT2D eigenvalue weighted by molar-refractivity contribution is -0.138. The first kappa shape index (κ1) is 27.0. The fraction of sp³-hybridized carbons (Fsp3) is 0.400. The summed E-state index contributed by atoms with van der Waals surface area (Å²) in [5.74, 6) is -0.552. The van der Waals surface area contributed by atoms with Gasteiger partial charge >= 0.3 is 0 Å². The number of benzene rings is 1. The van der Waals surface area contributed by atoms with E-state index in [0.717, 1.165) is 11.8 Å².